The molecule has 0 fully saturated rings. The molecule has 3 rings (SSSR count). The number of carbonyl (C=O) groups is 2. The Morgan fingerprint density at radius 2 is 2.04 bits per heavy atom. The number of aromatic nitrogens is 2. The zero-order chi connectivity index (χ0) is 18.7. The molecule has 1 N–H and O–H groups in total. The van der Waals surface area contributed by atoms with Crippen LogP contribution in [0.2, 0.25) is 0 Å². The van der Waals surface area contributed by atoms with Gasteiger partial charge in [-0.2, -0.15) is 18.2 Å². The fourth-order valence-corrected chi connectivity index (χ4v) is 2.28. The highest BCUT2D eigenvalue weighted by molar-refractivity contribution is 5.97. The molecule has 0 aliphatic carbocycles. The van der Waals surface area contributed by atoms with Gasteiger partial charge in [-0.1, -0.05) is 23.4 Å². The van der Waals surface area contributed by atoms with Crippen molar-refractivity contribution >= 4 is 18.0 Å². The molecule has 2 aromatic rings. The molecule has 0 saturated heterocycles. The topological polar surface area (TPSA) is 97.5 Å². The summed E-state index contributed by atoms with van der Waals surface area (Å²) in [7, 11) is 0. The highest BCUT2D eigenvalue weighted by Gasteiger charge is 2.34. The molecule has 134 valence electrons. The summed E-state index contributed by atoms with van der Waals surface area (Å²) >= 11 is 0. The molecule has 0 bridgehead atoms. The van der Waals surface area contributed by atoms with Crippen LogP contribution in [0.5, 0.6) is 0 Å². The summed E-state index contributed by atoms with van der Waals surface area (Å²) in [6.45, 7) is -0.286. The minimum atomic E-state index is -4.65. The van der Waals surface area contributed by atoms with Gasteiger partial charge >= 0.3 is 6.18 Å². The molecule has 1 unspecified atom stereocenters. The highest BCUT2D eigenvalue weighted by Crippen LogP contribution is 2.31. The first-order valence-corrected chi connectivity index (χ1v) is 7.38. The summed E-state index contributed by atoms with van der Waals surface area (Å²) in [6, 6.07) is 4.42. The van der Waals surface area contributed by atoms with Crippen LogP contribution in [0.1, 0.15) is 33.6 Å². The second-order valence-corrected chi connectivity index (χ2v) is 5.25. The Morgan fingerprint density at radius 3 is 2.77 bits per heavy atom. The van der Waals surface area contributed by atoms with E-state index in [4.69, 9.17) is 4.52 Å². The Morgan fingerprint density at radius 1 is 1.27 bits per heavy atom. The quantitative estimate of drug-likeness (QED) is 0.898. The molecule has 1 atom stereocenters. The van der Waals surface area contributed by atoms with Crippen LogP contribution in [0, 0.1) is 0 Å². The van der Waals surface area contributed by atoms with Crippen LogP contribution in [-0.4, -0.2) is 28.2 Å². The van der Waals surface area contributed by atoms with Crippen LogP contribution in [0.25, 0.3) is 0 Å². The molecule has 0 radical (unpaired) electrons. The van der Waals surface area contributed by atoms with Crippen molar-refractivity contribution < 1.29 is 27.3 Å². The number of hydrogen-bond donors (Lipinski definition) is 1. The molecular formula is C16H11F3N4O3. The van der Waals surface area contributed by atoms with Crippen molar-refractivity contribution in [1.29, 1.82) is 0 Å². The van der Waals surface area contributed by atoms with E-state index in [0.29, 0.717) is 0 Å². The molecular weight excluding hydrogens is 353 g/mol. The molecule has 0 saturated carbocycles. The maximum atomic E-state index is 12.9. The van der Waals surface area contributed by atoms with E-state index in [9.17, 15) is 22.8 Å². The second-order valence-electron chi connectivity index (χ2n) is 5.25. The van der Waals surface area contributed by atoms with Crippen molar-refractivity contribution in [3.05, 3.63) is 59.3 Å². The summed E-state index contributed by atoms with van der Waals surface area (Å²) in [5.41, 5.74) is -1.56. The van der Waals surface area contributed by atoms with Gasteiger partial charge in [-0.05, 0) is 18.2 Å². The van der Waals surface area contributed by atoms with Crippen molar-refractivity contribution in [2.24, 2.45) is 4.99 Å². The number of nitrogens with one attached hydrogen (secondary N) is 1. The zero-order valence-corrected chi connectivity index (χ0v) is 13.0. The standard InChI is InChI=1S/C16H11F3N4O3/c17-16(18,19)11-6-2-1-4-9(11)14(24)21-8-12-22-13(23-26-12)10-5-3-7-20-15(10)25/h1-7,10H,8H2,(H,21,24). The van der Waals surface area contributed by atoms with Gasteiger partial charge in [0.2, 0.25) is 5.89 Å². The molecule has 1 aromatic carbocycles. The summed E-state index contributed by atoms with van der Waals surface area (Å²) in [4.78, 5) is 31.3. The monoisotopic (exact) mass is 364 g/mol. The minimum absolute atomic E-state index is 0.0476. The first-order valence-electron chi connectivity index (χ1n) is 7.38. The number of allylic oxidation sites excluding steroid dienone is 1. The van der Waals surface area contributed by atoms with Gasteiger partial charge < -0.3 is 9.84 Å². The number of aliphatic imine (C=N–C) groups is 1. The van der Waals surface area contributed by atoms with Crippen molar-refractivity contribution in [2.45, 2.75) is 18.6 Å². The first-order chi connectivity index (χ1) is 12.4. The van der Waals surface area contributed by atoms with E-state index in [1.54, 1.807) is 6.08 Å². The van der Waals surface area contributed by atoms with Crippen LogP contribution in [0.3, 0.4) is 0 Å². The number of rotatable bonds is 4. The zero-order valence-electron chi connectivity index (χ0n) is 13.0. The Balaban J connectivity index is 1.69. The number of benzene rings is 1. The largest absolute Gasteiger partial charge is 0.417 e. The summed E-state index contributed by atoms with van der Waals surface area (Å²) in [6.07, 6.45) is -0.238. The van der Waals surface area contributed by atoms with Crippen LogP contribution in [0.15, 0.2) is 45.9 Å². The average molecular weight is 364 g/mol. The van der Waals surface area contributed by atoms with E-state index >= 15 is 0 Å². The highest BCUT2D eigenvalue weighted by atomic mass is 19.4. The average Bonchev–Trinajstić information content (AvgIpc) is 3.08. The molecule has 2 amide bonds. The van der Waals surface area contributed by atoms with E-state index in [2.05, 4.69) is 20.4 Å². The number of amides is 2. The number of nitrogens with zero attached hydrogens (tertiary/aromatic N) is 3. The van der Waals surface area contributed by atoms with Crippen molar-refractivity contribution in [2.75, 3.05) is 0 Å². The van der Waals surface area contributed by atoms with Crippen LogP contribution in [0.4, 0.5) is 13.2 Å². The van der Waals surface area contributed by atoms with E-state index < -0.39 is 35.0 Å². The molecule has 7 nitrogen and oxygen atoms in total. The van der Waals surface area contributed by atoms with Crippen LogP contribution >= 0.6 is 0 Å². The number of carbonyl (C=O) groups excluding carboxylic acids is 2. The van der Waals surface area contributed by atoms with E-state index in [1.807, 2.05) is 0 Å². The van der Waals surface area contributed by atoms with Gasteiger partial charge in [0, 0.05) is 6.21 Å². The molecule has 1 aliphatic rings. The number of hydrogen-bond acceptors (Lipinski definition) is 5. The van der Waals surface area contributed by atoms with Gasteiger partial charge in [0.05, 0.1) is 17.7 Å². The Labute approximate surface area is 144 Å². The van der Waals surface area contributed by atoms with Crippen molar-refractivity contribution in [1.82, 2.24) is 15.5 Å². The minimum Gasteiger partial charge on any atom is -0.343 e. The van der Waals surface area contributed by atoms with Gasteiger partial charge in [-0.3, -0.25) is 9.59 Å². The summed E-state index contributed by atoms with van der Waals surface area (Å²) in [5.74, 6) is -2.19. The maximum absolute atomic E-state index is 12.9. The molecule has 2 heterocycles. The smallest absolute Gasteiger partial charge is 0.343 e. The fraction of sp³-hybridized carbons (Fsp3) is 0.188. The molecule has 0 spiro atoms. The Kier molecular flexibility index (Phi) is 4.65. The number of alkyl halides is 3. The van der Waals surface area contributed by atoms with Gasteiger partial charge in [-0.15, -0.1) is 0 Å². The Bertz CT molecular complexity index is 902. The molecule has 1 aromatic heterocycles. The van der Waals surface area contributed by atoms with Crippen molar-refractivity contribution in [3.63, 3.8) is 0 Å². The van der Waals surface area contributed by atoms with E-state index in [-0.39, 0.29) is 18.3 Å². The van der Waals surface area contributed by atoms with Gasteiger partial charge in [0.1, 0.15) is 5.92 Å². The lowest BCUT2D eigenvalue weighted by molar-refractivity contribution is -0.138. The number of dihydropyridines is 1. The Hall–Kier alpha value is -3.30. The molecule has 26 heavy (non-hydrogen) atoms. The van der Waals surface area contributed by atoms with Gasteiger partial charge in [-0.25, -0.2) is 4.99 Å². The van der Waals surface area contributed by atoms with E-state index in [1.165, 1.54) is 24.4 Å². The fourth-order valence-electron chi connectivity index (χ4n) is 2.28. The lowest BCUT2D eigenvalue weighted by atomic mass is 10.1. The predicted molar refractivity (Wildman–Crippen MR) is 82.3 cm³/mol. The normalized spacial score (nSPS) is 16.7. The van der Waals surface area contributed by atoms with Gasteiger partial charge in [0.25, 0.3) is 11.8 Å². The first kappa shape index (κ1) is 17.5. The second kappa shape index (κ2) is 6.90. The summed E-state index contributed by atoms with van der Waals surface area (Å²) < 4.78 is 43.8. The lowest BCUT2D eigenvalue weighted by Crippen LogP contribution is -2.26. The predicted octanol–water partition coefficient (Wildman–Crippen LogP) is 2.27. The molecule has 10 heteroatoms. The van der Waals surface area contributed by atoms with E-state index in [0.717, 1.165) is 12.1 Å². The third-order valence-corrected chi connectivity index (χ3v) is 3.50. The van der Waals surface area contributed by atoms with Crippen LogP contribution in [-0.2, 0) is 17.5 Å². The maximum Gasteiger partial charge on any atom is 0.417 e. The third-order valence-electron chi connectivity index (χ3n) is 3.50. The third kappa shape index (κ3) is 3.68. The van der Waals surface area contributed by atoms with Crippen molar-refractivity contribution in [3.8, 4) is 0 Å². The SMILES string of the molecule is O=C(NCc1nc(C2C=CC=NC2=O)no1)c1ccccc1C(F)(F)F. The molecule has 1 aliphatic heterocycles. The lowest BCUT2D eigenvalue weighted by Gasteiger charge is -2.11. The van der Waals surface area contributed by atoms with Crippen LogP contribution < -0.4 is 5.32 Å². The van der Waals surface area contributed by atoms with Gasteiger partial charge in [0.15, 0.2) is 5.82 Å². The summed E-state index contributed by atoms with van der Waals surface area (Å²) in [5, 5.41) is 5.92. The number of halogens is 3.